The minimum absolute atomic E-state index is 0.00900. The smallest absolute Gasteiger partial charge is 0.328 e. The second-order valence-corrected chi connectivity index (χ2v) is 24.5. The Bertz CT molecular complexity index is 2820. The number of nitrogens with zero attached hydrogens (tertiary/aromatic N) is 5. The topological polar surface area (TPSA) is 334 Å². The third-order valence-corrected chi connectivity index (χ3v) is 17.3. The molecule has 5 aliphatic rings. The molecule has 14 unspecified atom stereocenters. The van der Waals surface area contributed by atoms with Gasteiger partial charge in [-0.25, -0.2) is 4.79 Å². The molecule has 0 saturated carbocycles. The molecule has 7 rings (SSSR count). The highest BCUT2D eigenvalue weighted by Gasteiger charge is 2.51. The molecule has 8 N–H and O–H groups in total. The molecular weight excluding hydrogens is 1110 g/mol. The van der Waals surface area contributed by atoms with Gasteiger partial charge in [0.05, 0.1) is 12.7 Å². The first-order chi connectivity index (χ1) is 40.8. The van der Waals surface area contributed by atoms with Crippen LogP contribution in [0.3, 0.4) is 0 Å². The number of amides is 10. The molecule has 0 spiro atoms. The first-order valence-electron chi connectivity index (χ1n) is 30.0. The van der Waals surface area contributed by atoms with Crippen LogP contribution >= 0.6 is 0 Å². The predicted molar refractivity (Wildman–Crippen MR) is 310 cm³/mol. The zero-order chi connectivity index (χ0) is 62.8. The fourth-order valence-corrected chi connectivity index (χ4v) is 12.3. The third-order valence-electron chi connectivity index (χ3n) is 17.3. The molecule has 25 nitrogen and oxygen atoms in total. The molecule has 5 fully saturated rings. The number of benzene rings is 2. The van der Waals surface area contributed by atoms with Crippen LogP contribution in [0, 0.1) is 23.7 Å². The molecule has 0 aromatic heterocycles. The zero-order valence-corrected chi connectivity index (χ0v) is 50.4. The van der Waals surface area contributed by atoms with Gasteiger partial charge < -0.3 is 71.1 Å². The van der Waals surface area contributed by atoms with Crippen LogP contribution in [0.2, 0.25) is 0 Å². The highest BCUT2D eigenvalue weighted by atomic mass is 16.5. The van der Waals surface area contributed by atoms with Gasteiger partial charge >= 0.3 is 5.97 Å². The Morgan fingerprint density at radius 2 is 1.28 bits per heavy atom. The summed E-state index contributed by atoms with van der Waals surface area (Å²) in [6, 6.07) is 1.06. The lowest BCUT2D eigenvalue weighted by Gasteiger charge is -2.35. The van der Waals surface area contributed by atoms with E-state index in [1.165, 1.54) is 62.7 Å². The molecule has 0 radical (unpaired) electrons. The fourth-order valence-electron chi connectivity index (χ4n) is 12.3. The number of hydrogen-bond donors (Lipinski definition) is 8. The van der Waals surface area contributed by atoms with Gasteiger partial charge in [-0.15, -0.1) is 0 Å². The third kappa shape index (κ3) is 15.8. The molecule has 25 heteroatoms. The zero-order valence-electron chi connectivity index (χ0n) is 50.4. The van der Waals surface area contributed by atoms with Crippen molar-refractivity contribution in [2.75, 3.05) is 46.4 Å². The maximum atomic E-state index is 15.2. The molecule has 0 aliphatic carbocycles. The van der Waals surface area contributed by atoms with E-state index in [1.807, 2.05) is 20.8 Å². The quantitative estimate of drug-likeness (QED) is 0.125. The maximum absolute atomic E-state index is 15.2. The van der Waals surface area contributed by atoms with Gasteiger partial charge in [0.2, 0.25) is 59.1 Å². The highest BCUT2D eigenvalue weighted by molar-refractivity contribution is 6.00. The predicted octanol–water partition coefficient (Wildman–Crippen LogP) is -0.484. The summed E-state index contributed by atoms with van der Waals surface area (Å²) in [5.41, 5.74) is 1.15. The van der Waals surface area contributed by atoms with Gasteiger partial charge in [-0.2, -0.15) is 0 Å². The van der Waals surface area contributed by atoms with E-state index in [0.29, 0.717) is 24.0 Å². The number of aliphatic hydroxyl groups excluding tert-OH is 2. The number of carbonyl (C=O) groups excluding carboxylic acids is 11. The van der Waals surface area contributed by atoms with Crippen molar-refractivity contribution in [2.45, 2.75) is 173 Å². The van der Waals surface area contributed by atoms with Crippen LogP contribution in [-0.4, -0.2) is 218 Å². The number of cyclic esters (lactones) is 1. The van der Waals surface area contributed by atoms with Crippen molar-refractivity contribution in [1.29, 1.82) is 0 Å². The molecule has 5 aliphatic heterocycles. The second-order valence-electron chi connectivity index (χ2n) is 24.5. The van der Waals surface area contributed by atoms with E-state index in [2.05, 4.69) is 26.6 Å². The van der Waals surface area contributed by atoms with Gasteiger partial charge in [-0.1, -0.05) is 90.4 Å². The first kappa shape index (κ1) is 65.9. The second kappa shape index (κ2) is 29.1. The Balaban J connectivity index is 1.28. The van der Waals surface area contributed by atoms with E-state index in [0.717, 1.165) is 0 Å². The van der Waals surface area contributed by atoms with Crippen molar-refractivity contribution in [1.82, 2.24) is 51.1 Å². The van der Waals surface area contributed by atoms with Crippen molar-refractivity contribution in [3.8, 4) is 5.75 Å². The Hall–Kier alpha value is -7.67. The molecule has 10 amide bonds. The monoisotopic (exact) mass is 1200 g/mol. The standard InChI is InChI=1S/C61H86N10O15/c1-9-36(6)51-56(80)63-43(25-39-17-19-40(74)20-18-39)52(76)64-44(31-72)57(81)68-21-13-16-46(68)59(83)71-30-41(75)27-49(71)60(84)70-29-35(5)24-50(70)61(85)86-32-45(65-54(78)47(67(8)37(7)73)26-38-14-11-10-12-15-38)58(82)69-28-34(4)23-48(69)55(79)62-42(22-33(2)3)53(77)66-51/h10-12,14-15,17-20,33-36,41-51,72,74-75H,9,13,16,21-32H2,1-8H3,(H,62,79)(H,63,80)(H,64,76)(H,65,78)(H,66,77). The van der Waals surface area contributed by atoms with Crippen LogP contribution < -0.4 is 26.6 Å². The van der Waals surface area contributed by atoms with Crippen molar-refractivity contribution >= 4 is 65.0 Å². The summed E-state index contributed by atoms with van der Waals surface area (Å²) in [5.74, 6) is -9.95. The summed E-state index contributed by atoms with van der Waals surface area (Å²) in [5, 5.41) is 45.6. The van der Waals surface area contributed by atoms with E-state index in [4.69, 9.17) is 4.74 Å². The van der Waals surface area contributed by atoms with Crippen LogP contribution in [0.4, 0.5) is 0 Å². The molecule has 5 saturated heterocycles. The number of esters is 1. The van der Waals surface area contributed by atoms with Gasteiger partial charge in [0, 0.05) is 59.4 Å². The number of aromatic hydroxyl groups is 1. The SMILES string of the molecule is CCC(C)C1NC(=O)C(CC(C)C)NC(=O)C2CC(C)CN2C(=O)C(NC(=O)C(Cc2ccccc2)N(C)C(C)=O)COC(=O)C2CC(C)CN2C(=O)C2CC(O)CN2C(=O)C2CCCN2C(=O)C(CO)NC(=O)C(Cc2ccc(O)cc2)NC1=O. The molecule has 0 bridgehead atoms. The van der Waals surface area contributed by atoms with E-state index in [9.17, 15) is 63.3 Å². The molecule has 2 aromatic rings. The lowest BCUT2D eigenvalue weighted by molar-refractivity contribution is -0.158. The number of phenols is 1. The lowest BCUT2D eigenvalue weighted by atomic mass is 9.95. The molecule has 2 aromatic carbocycles. The average molecular weight is 1200 g/mol. The molecule has 470 valence electrons. The largest absolute Gasteiger partial charge is 0.508 e. The number of hydrogen-bond acceptors (Lipinski definition) is 15. The minimum Gasteiger partial charge on any atom is -0.508 e. The number of ether oxygens (including phenoxy) is 1. The number of rotatable bonds is 12. The van der Waals surface area contributed by atoms with Gasteiger partial charge in [0.15, 0.2) is 0 Å². The van der Waals surface area contributed by atoms with Crippen LogP contribution in [0.1, 0.15) is 105 Å². The summed E-state index contributed by atoms with van der Waals surface area (Å²) in [7, 11) is 1.43. The number of aliphatic hydroxyl groups is 2. The fraction of sp³-hybridized carbons (Fsp3) is 0.623. The summed E-state index contributed by atoms with van der Waals surface area (Å²) in [4.78, 5) is 166. The van der Waals surface area contributed by atoms with E-state index in [-0.39, 0.29) is 94.6 Å². The Morgan fingerprint density at radius 1 is 0.686 bits per heavy atom. The van der Waals surface area contributed by atoms with Crippen LogP contribution in [0.5, 0.6) is 5.75 Å². The molecule has 86 heavy (non-hydrogen) atoms. The normalized spacial score (nSPS) is 29.3. The Morgan fingerprint density at radius 3 is 1.91 bits per heavy atom. The molecular formula is C61H86N10O15. The van der Waals surface area contributed by atoms with Crippen LogP contribution in [-0.2, 0) is 70.3 Å². The summed E-state index contributed by atoms with van der Waals surface area (Å²) in [6.07, 6.45) is -0.542. The first-order valence-corrected chi connectivity index (χ1v) is 30.0. The molecule has 5 heterocycles. The van der Waals surface area contributed by atoms with Gasteiger partial charge in [-0.3, -0.25) is 47.9 Å². The lowest BCUT2D eigenvalue weighted by Crippen LogP contribution is -2.62. The summed E-state index contributed by atoms with van der Waals surface area (Å²) in [6.45, 7) is 10.0. The van der Waals surface area contributed by atoms with Crippen LogP contribution in [0.25, 0.3) is 0 Å². The molecule has 14 atom stereocenters. The van der Waals surface area contributed by atoms with Crippen LogP contribution in [0.15, 0.2) is 54.6 Å². The number of fused-ring (bicyclic) bond motifs is 4. The number of likely N-dealkylation sites (N-methyl/N-ethyl adjacent to an activating group) is 1. The Kier molecular flexibility index (Phi) is 22.3. The summed E-state index contributed by atoms with van der Waals surface area (Å²) >= 11 is 0. The van der Waals surface area contributed by atoms with Gasteiger partial charge in [0.1, 0.15) is 72.8 Å². The average Bonchev–Trinajstić information content (AvgIpc) is 2.07. The van der Waals surface area contributed by atoms with Crippen molar-refractivity contribution in [2.24, 2.45) is 23.7 Å². The number of nitrogens with one attached hydrogen (secondary N) is 5. The van der Waals surface area contributed by atoms with Crippen molar-refractivity contribution < 1.29 is 72.8 Å². The number of carbonyl (C=O) groups is 11. The van der Waals surface area contributed by atoms with E-state index >= 15 is 4.79 Å². The highest BCUT2D eigenvalue weighted by Crippen LogP contribution is 2.32. The van der Waals surface area contributed by atoms with E-state index < -0.39 is 151 Å². The summed E-state index contributed by atoms with van der Waals surface area (Å²) < 4.78 is 5.94. The van der Waals surface area contributed by atoms with Gasteiger partial charge in [0.25, 0.3) is 0 Å². The van der Waals surface area contributed by atoms with Crippen molar-refractivity contribution in [3.05, 3.63) is 65.7 Å². The van der Waals surface area contributed by atoms with E-state index in [1.54, 1.807) is 51.1 Å². The number of phenolic OH excluding ortho intramolecular Hbond substituents is 1. The Labute approximate surface area is 501 Å². The van der Waals surface area contributed by atoms with Gasteiger partial charge in [-0.05, 0) is 79.0 Å². The minimum atomic E-state index is -1.68. The van der Waals surface area contributed by atoms with Crippen molar-refractivity contribution in [3.63, 3.8) is 0 Å². The maximum Gasteiger partial charge on any atom is 0.328 e.